The van der Waals surface area contributed by atoms with E-state index < -0.39 is 5.66 Å². The van der Waals surface area contributed by atoms with Crippen LogP contribution < -0.4 is 5.32 Å². The number of carbonyl (C=O) groups excluding carboxylic acids is 2. The van der Waals surface area contributed by atoms with Crippen LogP contribution in [0.25, 0.3) is 0 Å². The van der Waals surface area contributed by atoms with Crippen LogP contribution in [0.5, 0.6) is 0 Å². The number of nitrogens with zero attached hydrogens (tertiary/aromatic N) is 3. The van der Waals surface area contributed by atoms with E-state index in [1.165, 1.54) is 6.92 Å². The Morgan fingerprint density at radius 2 is 2.20 bits per heavy atom. The molecule has 0 aromatic heterocycles. The summed E-state index contributed by atoms with van der Waals surface area (Å²) in [7, 11) is 0. The van der Waals surface area contributed by atoms with Crippen molar-refractivity contribution in [2.75, 3.05) is 13.1 Å². The first-order valence-corrected chi connectivity index (χ1v) is 6.97. The smallest absolute Gasteiger partial charge is 0.222 e. The Morgan fingerprint density at radius 1 is 1.45 bits per heavy atom. The lowest BCUT2D eigenvalue weighted by atomic mass is 10.0. The molecule has 2 aliphatic rings. The van der Waals surface area contributed by atoms with Gasteiger partial charge < -0.3 is 10.2 Å². The second-order valence-electron chi connectivity index (χ2n) is 5.41. The van der Waals surface area contributed by atoms with Gasteiger partial charge in [0.05, 0.1) is 0 Å². The molecule has 0 aliphatic carbocycles. The highest BCUT2D eigenvalue weighted by Crippen LogP contribution is 2.37. The fraction of sp³-hybridized carbons (Fsp3) is 0.714. The average Bonchev–Trinajstić information content (AvgIpc) is 3.04. The maximum atomic E-state index is 12.1. The van der Waals surface area contributed by atoms with Gasteiger partial charge in [-0.2, -0.15) is 10.2 Å². The third-order valence-electron chi connectivity index (χ3n) is 3.74. The highest BCUT2D eigenvalue weighted by atomic mass is 16.2. The summed E-state index contributed by atoms with van der Waals surface area (Å²) < 4.78 is 0. The molecular weight excluding hydrogens is 256 g/mol. The first-order chi connectivity index (χ1) is 9.54. The van der Waals surface area contributed by atoms with Crippen LogP contribution in [-0.2, 0) is 9.59 Å². The second-order valence-corrected chi connectivity index (χ2v) is 5.41. The normalized spacial score (nSPS) is 22.4. The van der Waals surface area contributed by atoms with Gasteiger partial charge in [-0.1, -0.05) is 0 Å². The third kappa shape index (κ3) is 3.80. The zero-order chi connectivity index (χ0) is 14.6. The lowest BCUT2D eigenvalue weighted by Gasteiger charge is -2.17. The summed E-state index contributed by atoms with van der Waals surface area (Å²) in [6.07, 6.45) is 8.48. The largest absolute Gasteiger partial charge is 0.352 e. The van der Waals surface area contributed by atoms with Crippen LogP contribution in [-0.4, -0.2) is 41.5 Å². The van der Waals surface area contributed by atoms with E-state index in [1.807, 2.05) is 0 Å². The lowest BCUT2D eigenvalue weighted by molar-refractivity contribution is -0.130. The number of terminal acetylenes is 1. The first-order valence-electron chi connectivity index (χ1n) is 6.97. The van der Waals surface area contributed by atoms with Crippen LogP contribution in [0.2, 0.25) is 0 Å². The Kier molecular flexibility index (Phi) is 4.38. The highest BCUT2D eigenvalue weighted by molar-refractivity contribution is 5.77. The number of nitrogens with one attached hydrogen (secondary N) is 1. The van der Waals surface area contributed by atoms with Gasteiger partial charge in [0, 0.05) is 51.7 Å². The van der Waals surface area contributed by atoms with Gasteiger partial charge >= 0.3 is 0 Å². The summed E-state index contributed by atoms with van der Waals surface area (Å²) in [6.45, 7) is 2.80. The molecule has 2 amide bonds. The Bertz CT molecular complexity index is 460. The SMILES string of the molecule is C#CCCC1(CCC(=O)N2CCC(NC(C)=O)C2)N=N1. The minimum Gasteiger partial charge on any atom is -0.352 e. The molecule has 1 saturated heterocycles. The number of rotatable bonds is 6. The van der Waals surface area contributed by atoms with E-state index in [9.17, 15) is 9.59 Å². The van der Waals surface area contributed by atoms with Gasteiger partial charge in [0.2, 0.25) is 11.8 Å². The molecule has 2 rings (SSSR count). The van der Waals surface area contributed by atoms with Gasteiger partial charge in [-0.25, -0.2) is 0 Å². The fourth-order valence-electron chi connectivity index (χ4n) is 2.53. The first kappa shape index (κ1) is 14.5. The van der Waals surface area contributed by atoms with Gasteiger partial charge in [-0.15, -0.1) is 12.3 Å². The van der Waals surface area contributed by atoms with Crippen molar-refractivity contribution in [3.63, 3.8) is 0 Å². The zero-order valence-electron chi connectivity index (χ0n) is 11.8. The van der Waals surface area contributed by atoms with Gasteiger partial charge in [-0.3, -0.25) is 9.59 Å². The van der Waals surface area contributed by atoms with Crippen LogP contribution in [0.4, 0.5) is 0 Å². The molecule has 2 heterocycles. The number of carbonyl (C=O) groups is 2. The van der Waals surface area contributed by atoms with E-state index in [-0.39, 0.29) is 17.9 Å². The quantitative estimate of drug-likeness (QED) is 0.737. The van der Waals surface area contributed by atoms with Crippen molar-refractivity contribution in [3.05, 3.63) is 0 Å². The molecule has 20 heavy (non-hydrogen) atoms. The van der Waals surface area contributed by atoms with Crippen LogP contribution in [0.1, 0.15) is 39.0 Å². The molecule has 1 fully saturated rings. The fourth-order valence-corrected chi connectivity index (χ4v) is 2.53. The minimum absolute atomic E-state index is 0.0480. The monoisotopic (exact) mass is 276 g/mol. The third-order valence-corrected chi connectivity index (χ3v) is 3.74. The molecule has 6 nitrogen and oxygen atoms in total. The highest BCUT2D eigenvalue weighted by Gasteiger charge is 2.40. The van der Waals surface area contributed by atoms with E-state index in [2.05, 4.69) is 21.5 Å². The van der Waals surface area contributed by atoms with Crippen LogP contribution in [0.15, 0.2) is 10.2 Å². The summed E-state index contributed by atoms with van der Waals surface area (Å²) in [5.74, 6) is 2.63. The summed E-state index contributed by atoms with van der Waals surface area (Å²) in [4.78, 5) is 24.9. The molecule has 0 bridgehead atoms. The predicted octanol–water partition coefficient (Wildman–Crippen LogP) is 1.08. The van der Waals surface area contributed by atoms with E-state index in [0.717, 1.165) is 12.8 Å². The number of hydrogen-bond donors (Lipinski definition) is 1. The molecule has 0 radical (unpaired) electrons. The molecule has 6 heteroatoms. The lowest BCUT2D eigenvalue weighted by Crippen LogP contribution is -2.37. The van der Waals surface area contributed by atoms with Crippen molar-refractivity contribution in [2.45, 2.75) is 50.7 Å². The Balaban J connectivity index is 1.71. The van der Waals surface area contributed by atoms with E-state index in [0.29, 0.717) is 32.4 Å². The van der Waals surface area contributed by atoms with E-state index in [1.54, 1.807) is 4.90 Å². The summed E-state index contributed by atoms with van der Waals surface area (Å²) in [6, 6.07) is 0.0853. The Hall–Kier alpha value is -1.90. The maximum Gasteiger partial charge on any atom is 0.222 e. The van der Waals surface area contributed by atoms with Gasteiger partial charge in [0.1, 0.15) is 0 Å². The summed E-state index contributed by atoms with van der Waals surface area (Å²) >= 11 is 0. The van der Waals surface area contributed by atoms with Gasteiger partial charge in [0.15, 0.2) is 5.66 Å². The molecule has 2 aliphatic heterocycles. The topological polar surface area (TPSA) is 74.1 Å². The van der Waals surface area contributed by atoms with Crippen molar-refractivity contribution >= 4 is 11.8 Å². The number of likely N-dealkylation sites (tertiary alicyclic amines) is 1. The van der Waals surface area contributed by atoms with E-state index in [4.69, 9.17) is 6.42 Å². The predicted molar refractivity (Wildman–Crippen MR) is 73.7 cm³/mol. The number of amides is 2. The molecule has 0 saturated carbocycles. The standard InChI is InChI=1S/C14H20N4O2/c1-3-4-7-14(16-17-14)8-5-13(20)18-9-6-12(10-18)15-11(2)19/h1,12H,4-10H2,2H3,(H,15,19). The van der Waals surface area contributed by atoms with Crippen LogP contribution in [0, 0.1) is 12.3 Å². The van der Waals surface area contributed by atoms with Crippen molar-refractivity contribution in [2.24, 2.45) is 10.2 Å². The summed E-state index contributed by atoms with van der Waals surface area (Å²) in [5, 5.41) is 10.9. The second kappa shape index (κ2) is 6.04. The van der Waals surface area contributed by atoms with Crippen LogP contribution in [0.3, 0.4) is 0 Å². The molecule has 1 atom stereocenters. The van der Waals surface area contributed by atoms with Crippen LogP contribution >= 0.6 is 0 Å². The molecule has 0 aromatic carbocycles. The van der Waals surface area contributed by atoms with Crippen molar-refractivity contribution in [1.29, 1.82) is 0 Å². The number of hydrogen-bond acceptors (Lipinski definition) is 4. The molecule has 1 unspecified atom stereocenters. The minimum atomic E-state index is -0.390. The van der Waals surface area contributed by atoms with Crippen molar-refractivity contribution in [1.82, 2.24) is 10.2 Å². The molecule has 0 aromatic rings. The molecular formula is C14H20N4O2. The van der Waals surface area contributed by atoms with E-state index >= 15 is 0 Å². The molecule has 1 N–H and O–H groups in total. The van der Waals surface area contributed by atoms with Crippen molar-refractivity contribution < 1.29 is 9.59 Å². The Labute approximate surface area is 119 Å². The summed E-state index contributed by atoms with van der Waals surface area (Å²) in [5.41, 5.74) is -0.390. The Morgan fingerprint density at radius 3 is 2.80 bits per heavy atom. The van der Waals surface area contributed by atoms with Crippen molar-refractivity contribution in [3.8, 4) is 12.3 Å². The molecule has 0 spiro atoms. The molecule has 108 valence electrons. The maximum absolute atomic E-state index is 12.1. The van der Waals surface area contributed by atoms with Gasteiger partial charge in [0.25, 0.3) is 0 Å². The van der Waals surface area contributed by atoms with Gasteiger partial charge in [-0.05, 0) is 6.42 Å². The zero-order valence-corrected chi connectivity index (χ0v) is 11.8. The average molecular weight is 276 g/mol.